The summed E-state index contributed by atoms with van der Waals surface area (Å²) in [5.41, 5.74) is 2.67. The first-order valence-corrected chi connectivity index (χ1v) is 10.6. The molecular weight excluding hydrogens is 376 g/mol. The molecular formula is C20H24N4O3S. The molecule has 0 radical (unpaired) electrons. The summed E-state index contributed by atoms with van der Waals surface area (Å²) >= 11 is 1.59. The molecule has 0 saturated heterocycles. The number of rotatable bonds is 6. The van der Waals surface area contributed by atoms with Crippen molar-refractivity contribution in [3.63, 3.8) is 0 Å². The molecule has 148 valence electrons. The molecule has 1 aliphatic carbocycles. The van der Waals surface area contributed by atoms with E-state index in [0.29, 0.717) is 35.6 Å². The molecule has 2 aliphatic rings. The second-order valence-electron chi connectivity index (χ2n) is 6.64. The number of aromatic nitrogens is 3. The van der Waals surface area contributed by atoms with Gasteiger partial charge in [-0.15, -0.1) is 5.10 Å². The zero-order valence-corrected chi connectivity index (χ0v) is 17.1. The number of methoxy groups -OCH3 is 1. The van der Waals surface area contributed by atoms with Gasteiger partial charge in [0.1, 0.15) is 6.04 Å². The lowest BCUT2D eigenvalue weighted by Gasteiger charge is -2.32. The number of ether oxygens (including phenoxy) is 2. The maximum Gasteiger partial charge on any atom is 0.227 e. The Bertz CT molecular complexity index is 938. The molecule has 0 bridgehead atoms. The van der Waals surface area contributed by atoms with E-state index in [1.54, 1.807) is 18.9 Å². The molecule has 1 aliphatic heterocycles. The van der Waals surface area contributed by atoms with Crippen LogP contribution >= 0.6 is 11.8 Å². The first kappa shape index (κ1) is 18.9. The quantitative estimate of drug-likeness (QED) is 0.739. The predicted octanol–water partition coefficient (Wildman–Crippen LogP) is 3.82. The topological polar surface area (TPSA) is 78.3 Å². The fourth-order valence-corrected chi connectivity index (χ4v) is 4.32. The highest BCUT2D eigenvalue weighted by Crippen LogP contribution is 2.42. The standard InChI is InChI=1S/C20H24N4O3S/c1-4-27-15-10-9-12(11-16(15)26-3)18-17-13(7-6-8-14(17)25)21-19-22-20(28-5-2)23-24(18)19/h9-11,18H,4-8H2,1-3H3,(H,21,22,23)/t18-/m1/s1. The SMILES string of the molecule is CCOc1ccc([C@@H]2C3=C(CCCC3=O)Nc3nc(SCC)nn32)cc1OC. The van der Waals surface area contributed by atoms with Gasteiger partial charge in [0.15, 0.2) is 17.3 Å². The first-order valence-electron chi connectivity index (χ1n) is 9.59. The lowest BCUT2D eigenvalue weighted by Crippen LogP contribution is -2.31. The van der Waals surface area contributed by atoms with Crippen LogP contribution < -0.4 is 14.8 Å². The Balaban J connectivity index is 1.85. The highest BCUT2D eigenvalue weighted by atomic mass is 32.2. The maximum absolute atomic E-state index is 12.9. The molecule has 28 heavy (non-hydrogen) atoms. The number of fused-ring (bicyclic) bond motifs is 1. The Morgan fingerprint density at radius 1 is 1.29 bits per heavy atom. The third-order valence-electron chi connectivity index (χ3n) is 4.93. The van der Waals surface area contributed by atoms with Gasteiger partial charge in [0, 0.05) is 17.7 Å². The second kappa shape index (κ2) is 7.87. The summed E-state index contributed by atoms with van der Waals surface area (Å²) in [7, 11) is 1.62. The monoisotopic (exact) mass is 400 g/mol. The summed E-state index contributed by atoms with van der Waals surface area (Å²) in [5.74, 6) is 3.07. The van der Waals surface area contributed by atoms with Gasteiger partial charge in [-0.2, -0.15) is 4.98 Å². The largest absolute Gasteiger partial charge is 0.493 e. The third kappa shape index (κ3) is 3.26. The van der Waals surface area contributed by atoms with E-state index in [2.05, 4.69) is 22.3 Å². The number of allylic oxidation sites excluding steroid dienone is 2. The highest BCUT2D eigenvalue weighted by molar-refractivity contribution is 7.99. The number of nitrogens with zero attached hydrogens (tertiary/aromatic N) is 3. The minimum absolute atomic E-state index is 0.164. The van der Waals surface area contributed by atoms with E-state index in [9.17, 15) is 4.79 Å². The fraction of sp³-hybridized carbons (Fsp3) is 0.450. The van der Waals surface area contributed by atoms with E-state index >= 15 is 0 Å². The van der Waals surface area contributed by atoms with Gasteiger partial charge >= 0.3 is 0 Å². The predicted molar refractivity (Wildman–Crippen MR) is 108 cm³/mol. The van der Waals surface area contributed by atoms with Crippen molar-refractivity contribution in [1.82, 2.24) is 14.8 Å². The van der Waals surface area contributed by atoms with Crippen molar-refractivity contribution in [2.75, 3.05) is 24.8 Å². The molecule has 1 atom stereocenters. The van der Waals surface area contributed by atoms with Crippen LogP contribution in [0.1, 0.15) is 44.7 Å². The molecule has 2 aromatic rings. The minimum atomic E-state index is -0.317. The van der Waals surface area contributed by atoms with E-state index < -0.39 is 0 Å². The van der Waals surface area contributed by atoms with Crippen molar-refractivity contribution in [1.29, 1.82) is 0 Å². The molecule has 7 nitrogen and oxygen atoms in total. The van der Waals surface area contributed by atoms with Gasteiger partial charge in [0.2, 0.25) is 11.1 Å². The molecule has 2 heterocycles. The minimum Gasteiger partial charge on any atom is -0.493 e. The van der Waals surface area contributed by atoms with Crippen molar-refractivity contribution in [3.05, 3.63) is 35.0 Å². The van der Waals surface area contributed by atoms with Crippen LogP contribution in [0, 0.1) is 0 Å². The van der Waals surface area contributed by atoms with E-state index in [1.807, 2.05) is 29.8 Å². The summed E-state index contributed by atoms with van der Waals surface area (Å²) < 4.78 is 13.0. The van der Waals surface area contributed by atoms with Gasteiger partial charge < -0.3 is 14.8 Å². The zero-order chi connectivity index (χ0) is 19.7. The molecule has 1 N–H and O–H groups in total. The molecule has 8 heteroatoms. The molecule has 0 saturated carbocycles. The van der Waals surface area contributed by atoms with Gasteiger partial charge in [-0.1, -0.05) is 24.8 Å². The Kier molecular flexibility index (Phi) is 5.30. The normalized spacial score (nSPS) is 18.4. The van der Waals surface area contributed by atoms with E-state index in [-0.39, 0.29) is 11.8 Å². The lowest BCUT2D eigenvalue weighted by atomic mass is 9.85. The number of ketones is 1. The van der Waals surface area contributed by atoms with Crippen LogP contribution in [0.15, 0.2) is 34.6 Å². The molecule has 0 unspecified atom stereocenters. The number of carbonyl (C=O) groups is 1. The number of hydrogen-bond donors (Lipinski definition) is 1. The summed E-state index contributed by atoms with van der Waals surface area (Å²) in [4.78, 5) is 17.5. The van der Waals surface area contributed by atoms with Gasteiger partial charge in [-0.3, -0.25) is 4.79 Å². The van der Waals surface area contributed by atoms with E-state index in [1.165, 1.54) is 0 Å². The lowest BCUT2D eigenvalue weighted by molar-refractivity contribution is -0.116. The van der Waals surface area contributed by atoms with E-state index in [4.69, 9.17) is 9.47 Å². The summed E-state index contributed by atoms with van der Waals surface area (Å²) in [5, 5.41) is 8.74. The van der Waals surface area contributed by atoms with E-state index in [0.717, 1.165) is 35.4 Å². The molecule has 4 rings (SSSR count). The van der Waals surface area contributed by atoms with Crippen LogP contribution in [0.2, 0.25) is 0 Å². The first-order chi connectivity index (χ1) is 13.7. The number of thioether (sulfide) groups is 1. The molecule has 0 fully saturated rings. The van der Waals surface area contributed by atoms with Gasteiger partial charge in [0.25, 0.3) is 0 Å². The highest BCUT2D eigenvalue weighted by Gasteiger charge is 2.37. The summed E-state index contributed by atoms with van der Waals surface area (Å²) in [6, 6.07) is 5.49. The number of Topliss-reactive ketones (excluding diaryl/α,β-unsaturated/α-hetero) is 1. The smallest absolute Gasteiger partial charge is 0.227 e. The Morgan fingerprint density at radius 2 is 2.14 bits per heavy atom. The number of nitrogens with one attached hydrogen (secondary N) is 1. The Labute approximate surface area is 168 Å². The fourth-order valence-electron chi connectivity index (χ4n) is 3.76. The molecule has 1 aromatic carbocycles. The maximum atomic E-state index is 12.9. The number of benzene rings is 1. The van der Waals surface area contributed by atoms with Crippen LogP contribution in [0.5, 0.6) is 11.5 Å². The molecule has 0 amide bonds. The van der Waals surface area contributed by atoms with Crippen molar-refractivity contribution in [2.45, 2.75) is 44.3 Å². The van der Waals surface area contributed by atoms with Crippen LogP contribution in [-0.4, -0.2) is 40.0 Å². The van der Waals surface area contributed by atoms with Crippen LogP contribution in [-0.2, 0) is 4.79 Å². The molecule has 0 spiro atoms. The Hall–Kier alpha value is -2.48. The van der Waals surface area contributed by atoms with Crippen molar-refractivity contribution >= 4 is 23.5 Å². The zero-order valence-electron chi connectivity index (χ0n) is 16.3. The van der Waals surface area contributed by atoms with Crippen LogP contribution in [0.4, 0.5) is 5.95 Å². The van der Waals surface area contributed by atoms with Crippen LogP contribution in [0.3, 0.4) is 0 Å². The van der Waals surface area contributed by atoms with Crippen molar-refractivity contribution in [2.24, 2.45) is 0 Å². The number of anilines is 1. The number of carbonyl (C=O) groups excluding carboxylic acids is 1. The van der Waals surface area contributed by atoms with Crippen molar-refractivity contribution in [3.8, 4) is 11.5 Å². The van der Waals surface area contributed by atoms with Gasteiger partial charge in [-0.05, 0) is 43.2 Å². The molecule has 1 aromatic heterocycles. The summed E-state index contributed by atoms with van der Waals surface area (Å²) in [6.45, 7) is 4.56. The van der Waals surface area contributed by atoms with Crippen LogP contribution in [0.25, 0.3) is 0 Å². The number of hydrogen-bond acceptors (Lipinski definition) is 7. The van der Waals surface area contributed by atoms with Gasteiger partial charge in [0.05, 0.1) is 13.7 Å². The van der Waals surface area contributed by atoms with Gasteiger partial charge in [-0.25, -0.2) is 4.68 Å². The van der Waals surface area contributed by atoms with Crippen molar-refractivity contribution < 1.29 is 14.3 Å². The summed E-state index contributed by atoms with van der Waals surface area (Å²) in [6.07, 6.45) is 2.26. The average Bonchev–Trinajstić information content (AvgIpc) is 3.09. The average molecular weight is 401 g/mol. The second-order valence-corrected chi connectivity index (χ2v) is 7.87. The third-order valence-corrected chi connectivity index (χ3v) is 5.65. The Morgan fingerprint density at radius 3 is 2.89 bits per heavy atom.